The van der Waals surface area contributed by atoms with Crippen LogP contribution in [0.4, 0.5) is 14.1 Å². The van der Waals surface area contributed by atoms with Crippen molar-refractivity contribution in [3.63, 3.8) is 0 Å². The molecule has 0 aliphatic carbocycles. The first kappa shape index (κ1) is 8.39. The lowest BCUT2D eigenvalue weighted by Gasteiger charge is -1.96. The predicted octanol–water partition coefficient (Wildman–Crippen LogP) is 2.84. The van der Waals surface area contributed by atoms with E-state index in [2.05, 4.69) is 4.98 Å². The molecular formula is C6H8F2N2S. The predicted molar refractivity (Wildman–Crippen MR) is 40.9 cm³/mol. The van der Waals surface area contributed by atoms with E-state index in [1.54, 1.807) is 0 Å². The maximum Gasteiger partial charge on any atom is 0.249 e. The number of rotatable bonds is 2. The zero-order chi connectivity index (χ0) is 8.43. The molecule has 1 heterocycles. The van der Waals surface area contributed by atoms with Gasteiger partial charge in [-0.2, -0.15) is 0 Å². The fourth-order valence-corrected chi connectivity index (χ4v) is 1.35. The minimum Gasteiger partial charge on any atom is -0.224 e. The van der Waals surface area contributed by atoms with Gasteiger partial charge in [0.2, 0.25) is 5.13 Å². The molecule has 62 valence electrons. The molecular weight excluding hydrogens is 170 g/mol. The molecule has 0 bridgehead atoms. The Labute approximate surface area is 67.3 Å². The molecule has 0 saturated carbocycles. The molecule has 1 rings (SSSR count). The van der Waals surface area contributed by atoms with Crippen LogP contribution in [0.3, 0.4) is 0 Å². The van der Waals surface area contributed by atoms with Gasteiger partial charge in [-0.3, -0.25) is 0 Å². The molecule has 0 atom stereocenters. The minimum atomic E-state index is -0.962. The fourth-order valence-electron chi connectivity index (χ4n) is 0.622. The summed E-state index contributed by atoms with van der Waals surface area (Å²) in [5.41, 5.74) is 0. The highest BCUT2D eigenvalue weighted by atomic mass is 32.1. The average Bonchev–Trinajstić information content (AvgIpc) is 2.33. The molecule has 5 heteroatoms. The second kappa shape index (κ2) is 3.13. The first-order valence-corrected chi connectivity index (χ1v) is 4.00. The smallest absolute Gasteiger partial charge is 0.224 e. The van der Waals surface area contributed by atoms with E-state index in [-0.39, 0.29) is 11.0 Å². The summed E-state index contributed by atoms with van der Waals surface area (Å²) >= 11 is 1.01. The highest BCUT2D eigenvalue weighted by Gasteiger charge is 2.10. The Bertz CT molecular complexity index is 212. The topological polar surface area (TPSA) is 16.1 Å². The Kier molecular flexibility index (Phi) is 2.38. The van der Waals surface area contributed by atoms with Crippen LogP contribution in [0.25, 0.3) is 0 Å². The summed E-state index contributed by atoms with van der Waals surface area (Å²) in [5.74, 6) is 0.265. The number of anilines is 1. The van der Waals surface area contributed by atoms with Gasteiger partial charge in [0.05, 0.1) is 0 Å². The van der Waals surface area contributed by atoms with Crippen molar-refractivity contribution < 1.29 is 8.96 Å². The van der Waals surface area contributed by atoms with Crippen LogP contribution in [-0.4, -0.2) is 4.98 Å². The molecule has 11 heavy (non-hydrogen) atoms. The number of halogens is 2. The molecule has 0 aromatic carbocycles. The van der Waals surface area contributed by atoms with Crippen LogP contribution in [0.5, 0.6) is 0 Å². The molecule has 0 amide bonds. The maximum atomic E-state index is 11.8. The number of hydrogen-bond donors (Lipinski definition) is 0. The molecule has 0 aliphatic rings. The average molecular weight is 178 g/mol. The van der Waals surface area contributed by atoms with Gasteiger partial charge in [0.1, 0.15) is 0 Å². The van der Waals surface area contributed by atoms with Gasteiger partial charge in [0.15, 0.2) is 0 Å². The molecule has 0 fully saturated rings. The van der Waals surface area contributed by atoms with Gasteiger partial charge < -0.3 is 0 Å². The maximum absolute atomic E-state index is 11.8. The third-order valence-electron chi connectivity index (χ3n) is 1.23. The summed E-state index contributed by atoms with van der Waals surface area (Å²) in [7, 11) is 0. The van der Waals surface area contributed by atoms with Crippen molar-refractivity contribution in [1.82, 2.24) is 4.98 Å². The van der Waals surface area contributed by atoms with E-state index in [0.29, 0.717) is 0 Å². The SMILES string of the molecule is CC(C)c1cnc(N(F)F)s1. The Morgan fingerprint density at radius 3 is 2.45 bits per heavy atom. The van der Waals surface area contributed by atoms with Gasteiger partial charge in [-0.1, -0.05) is 34.1 Å². The van der Waals surface area contributed by atoms with E-state index in [4.69, 9.17) is 0 Å². The van der Waals surface area contributed by atoms with Crippen LogP contribution in [0.1, 0.15) is 24.6 Å². The Balaban J connectivity index is 2.82. The number of hydrogen-bond acceptors (Lipinski definition) is 3. The number of aromatic nitrogens is 1. The molecule has 1 aromatic rings. The highest BCUT2D eigenvalue weighted by molar-refractivity contribution is 7.15. The van der Waals surface area contributed by atoms with Gasteiger partial charge in [0.25, 0.3) is 0 Å². The number of nitrogens with zero attached hydrogens (tertiary/aromatic N) is 2. The molecule has 0 aliphatic heterocycles. The summed E-state index contributed by atoms with van der Waals surface area (Å²) in [6.07, 6.45) is 1.48. The standard InChI is InChI=1S/C6H8F2N2S/c1-4(2)5-3-9-6(11-5)10(7)8/h3-4H,1-2H3. The fraction of sp³-hybridized carbons (Fsp3) is 0.500. The van der Waals surface area contributed by atoms with Crippen LogP contribution in [0.15, 0.2) is 6.20 Å². The first-order valence-electron chi connectivity index (χ1n) is 3.18. The van der Waals surface area contributed by atoms with Crippen molar-refractivity contribution in [2.24, 2.45) is 0 Å². The highest BCUT2D eigenvalue weighted by Crippen LogP contribution is 2.28. The monoisotopic (exact) mass is 178 g/mol. The van der Waals surface area contributed by atoms with Gasteiger partial charge in [-0.15, -0.1) is 0 Å². The van der Waals surface area contributed by atoms with Crippen LogP contribution >= 0.6 is 11.3 Å². The summed E-state index contributed by atoms with van der Waals surface area (Å²) in [6, 6.07) is 0. The van der Waals surface area contributed by atoms with Crippen LogP contribution in [0.2, 0.25) is 0 Å². The third kappa shape index (κ3) is 1.86. The Morgan fingerprint density at radius 2 is 2.18 bits per heavy atom. The Hall–Kier alpha value is -0.710. The van der Waals surface area contributed by atoms with Gasteiger partial charge in [0, 0.05) is 11.1 Å². The van der Waals surface area contributed by atoms with E-state index < -0.39 is 5.34 Å². The molecule has 2 nitrogen and oxygen atoms in total. The van der Waals surface area contributed by atoms with E-state index in [0.717, 1.165) is 16.2 Å². The molecule has 0 spiro atoms. The van der Waals surface area contributed by atoms with E-state index in [1.165, 1.54) is 6.20 Å². The van der Waals surface area contributed by atoms with Crippen molar-refractivity contribution in [2.45, 2.75) is 19.8 Å². The molecule has 0 radical (unpaired) electrons. The van der Waals surface area contributed by atoms with Gasteiger partial charge >= 0.3 is 0 Å². The largest absolute Gasteiger partial charge is 0.249 e. The minimum absolute atomic E-state index is 0.242. The summed E-state index contributed by atoms with van der Waals surface area (Å²) in [5, 5.41) is -1.20. The van der Waals surface area contributed by atoms with Gasteiger partial charge in [-0.05, 0) is 11.3 Å². The zero-order valence-electron chi connectivity index (χ0n) is 6.21. The van der Waals surface area contributed by atoms with Crippen LogP contribution < -0.4 is 5.34 Å². The lowest BCUT2D eigenvalue weighted by atomic mass is 10.2. The summed E-state index contributed by atoms with van der Waals surface area (Å²) in [4.78, 5) is 4.41. The lowest BCUT2D eigenvalue weighted by Crippen LogP contribution is -1.92. The van der Waals surface area contributed by atoms with Crippen molar-refractivity contribution in [1.29, 1.82) is 0 Å². The second-order valence-corrected chi connectivity index (χ2v) is 3.47. The Morgan fingerprint density at radius 1 is 1.55 bits per heavy atom. The van der Waals surface area contributed by atoms with Crippen LogP contribution in [0, 0.1) is 0 Å². The zero-order valence-corrected chi connectivity index (χ0v) is 7.03. The quantitative estimate of drug-likeness (QED) is 0.647. The molecule has 0 saturated heterocycles. The summed E-state index contributed by atoms with van der Waals surface area (Å²) < 4.78 is 23.7. The summed E-state index contributed by atoms with van der Waals surface area (Å²) in [6.45, 7) is 3.89. The van der Waals surface area contributed by atoms with E-state index in [1.807, 2.05) is 13.8 Å². The lowest BCUT2D eigenvalue weighted by molar-refractivity contribution is 0.234. The van der Waals surface area contributed by atoms with Crippen molar-refractivity contribution >= 4 is 16.5 Å². The second-order valence-electron chi connectivity index (χ2n) is 2.43. The molecule has 0 unspecified atom stereocenters. The normalized spacial score (nSPS) is 10.6. The van der Waals surface area contributed by atoms with Crippen LogP contribution in [-0.2, 0) is 0 Å². The molecule has 1 aromatic heterocycles. The molecule has 0 N–H and O–H groups in total. The third-order valence-corrected chi connectivity index (χ3v) is 2.46. The van der Waals surface area contributed by atoms with Crippen molar-refractivity contribution in [2.75, 3.05) is 5.34 Å². The van der Waals surface area contributed by atoms with Gasteiger partial charge in [-0.25, -0.2) is 4.98 Å². The number of thiazole rings is 1. The first-order chi connectivity index (χ1) is 5.11. The van der Waals surface area contributed by atoms with E-state index in [9.17, 15) is 8.96 Å². The van der Waals surface area contributed by atoms with Crippen molar-refractivity contribution in [3.8, 4) is 0 Å². The van der Waals surface area contributed by atoms with E-state index >= 15 is 0 Å². The van der Waals surface area contributed by atoms with Crippen molar-refractivity contribution in [3.05, 3.63) is 11.1 Å².